The summed E-state index contributed by atoms with van der Waals surface area (Å²) < 4.78 is 0. The number of carbonyl (C=O) groups is 1. The standard InChI is InChI=1S/C16H30N2O/c1-12(14-7-4-3-5-8-14)13(2)18-16(19)11-15-9-6-10-17-15/h12-15,17H,3-11H2,1-2H3,(H,18,19). The Balaban J connectivity index is 1.72. The maximum absolute atomic E-state index is 12.0. The first-order chi connectivity index (χ1) is 9.16. The molecule has 110 valence electrons. The van der Waals surface area contributed by atoms with Crippen LogP contribution in [-0.2, 0) is 4.79 Å². The smallest absolute Gasteiger partial charge is 0.221 e. The molecule has 2 N–H and O–H groups in total. The summed E-state index contributed by atoms with van der Waals surface area (Å²) in [5.74, 6) is 1.66. The molecule has 0 spiro atoms. The maximum Gasteiger partial charge on any atom is 0.221 e. The van der Waals surface area contributed by atoms with E-state index in [1.807, 2.05) is 0 Å². The molecule has 3 atom stereocenters. The van der Waals surface area contributed by atoms with Crippen molar-refractivity contribution in [2.45, 2.75) is 77.3 Å². The molecule has 1 saturated heterocycles. The van der Waals surface area contributed by atoms with E-state index in [1.165, 1.54) is 38.5 Å². The first-order valence-electron chi connectivity index (χ1n) is 8.19. The summed E-state index contributed by atoms with van der Waals surface area (Å²) in [6.45, 7) is 5.57. The minimum Gasteiger partial charge on any atom is -0.353 e. The molecule has 0 bridgehead atoms. The summed E-state index contributed by atoms with van der Waals surface area (Å²) in [7, 11) is 0. The molecule has 1 aliphatic carbocycles. The van der Waals surface area contributed by atoms with Crippen molar-refractivity contribution < 1.29 is 4.79 Å². The van der Waals surface area contributed by atoms with Crippen LogP contribution in [-0.4, -0.2) is 24.5 Å². The lowest BCUT2D eigenvalue weighted by atomic mass is 9.78. The molecule has 3 unspecified atom stereocenters. The van der Waals surface area contributed by atoms with Crippen LogP contribution in [0.5, 0.6) is 0 Å². The number of hydrogen-bond acceptors (Lipinski definition) is 2. The van der Waals surface area contributed by atoms with Crippen LogP contribution in [0.4, 0.5) is 0 Å². The Labute approximate surface area is 117 Å². The van der Waals surface area contributed by atoms with E-state index < -0.39 is 0 Å². The van der Waals surface area contributed by atoms with Gasteiger partial charge in [0.15, 0.2) is 0 Å². The summed E-state index contributed by atoms with van der Waals surface area (Å²) in [5.41, 5.74) is 0. The third kappa shape index (κ3) is 4.48. The fourth-order valence-electron chi connectivity index (χ4n) is 3.67. The molecule has 2 rings (SSSR count). The predicted molar refractivity (Wildman–Crippen MR) is 79.0 cm³/mol. The zero-order valence-corrected chi connectivity index (χ0v) is 12.6. The fraction of sp³-hybridized carbons (Fsp3) is 0.938. The first kappa shape index (κ1) is 14.8. The number of carbonyl (C=O) groups excluding carboxylic acids is 1. The maximum atomic E-state index is 12.0. The van der Waals surface area contributed by atoms with Crippen LogP contribution < -0.4 is 10.6 Å². The van der Waals surface area contributed by atoms with E-state index in [0.29, 0.717) is 24.4 Å². The quantitative estimate of drug-likeness (QED) is 0.803. The SMILES string of the molecule is CC(NC(=O)CC1CCCN1)C(C)C1CCCCC1. The topological polar surface area (TPSA) is 41.1 Å². The van der Waals surface area contributed by atoms with Crippen molar-refractivity contribution in [3.63, 3.8) is 0 Å². The zero-order chi connectivity index (χ0) is 13.7. The molecule has 1 aliphatic heterocycles. The summed E-state index contributed by atoms with van der Waals surface area (Å²) >= 11 is 0. The van der Waals surface area contributed by atoms with Crippen molar-refractivity contribution in [3.8, 4) is 0 Å². The minimum absolute atomic E-state index is 0.231. The van der Waals surface area contributed by atoms with Gasteiger partial charge in [0.25, 0.3) is 0 Å². The summed E-state index contributed by atoms with van der Waals surface area (Å²) in [5, 5.41) is 6.62. The summed E-state index contributed by atoms with van der Waals surface area (Å²) in [6.07, 6.45) is 9.88. The third-order valence-corrected chi connectivity index (χ3v) is 5.16. The molecule has 1 amide bonds. The van der Waals surface area contributed by atoms with Crippen LogP contribution in [0.2, 0.25) is 0 Å². The van der Waals surface area contributed by atoms with E-state index in [-0.39, 0.29) is 5.91 Å². The Morgan fingerprint density at radius 1 is 1.16 bits per heavy atom. The fourth-order valence-corrected chi connectivity index (χ4v) is 3.67. The Morgan fingerprint density at radius 3 is 2.53 bits per heavy atom. The second kappa shape index (κ2) is 7.28. The van der Waals surface area contributed by atoms with Crippen LogP contribution >= 0.6 is 0 Å². The van der Waals surface area contributed by atoms with Gasteiger partial charge >= 0.3 is 0 Å². The number of hydrogen-bond donors (Lipinski definition) is 2. The van der Waals surface area contributed by atoms with Crippen molar-refractivity contribution in [1.29, 1.82) is 0 Å². The molecular weight excluding hydrogens is 236 g/mol. The molecule has 0 aromatic heterocycles. The minimum atomic E-state index is 0.231. The van der Waals surface area contributed by atoms with E-state index in [0.717, 1.165) is 18.9 Å². The molecule has 19 heavy (non-hydrogen) atoms. The van der Waals surface area contributed by atoms with Gasteiger partial charge in [-0.2, -0.15) is 0 Å². The normalized spacial score (nSPS) is 28.0. The van der Waals surface area contributed by atoms with Crippen LogP contribution in [0.3, 0.4) is 0 Å². The molecular formula is C16H30N2O. The Bertz CT molecular complexity index is 280. The van der Waals surface area contributed by atoms with Gasteiger partial charge in [-0.25, -0.2) is 0 Å². The number of rotatable bonds is 5. The van der Waals surface area contributed by atoms with E-state index in [2.05, 4.69) is 24.5 Å². The van der Waals surface area contributed by atoms with Gasteiger partial charge in [-0.3, -0.25) is 4.79 Å². The van der Waals surface area contributed by atoms with Gasteiger partial charge in [0.2, 0.25) is 5.91 Å². The Hall–Kier alpha value is -0.570. The van der Waals surface area contributed by atoms with E-state index in [1.54, 1.807) is 0 Å². The van der Waals surface area contributed by atoms with Crippen LogP contribution in [0.15, 0.2) is 0 Å². The van der Waals surface area contributed by atoms with Gasteiger partial charge in [-0.05, 0) is 38.1 Å². The molecule has 1 heterocycles. The summed E-state index contributed by atoms with van der Waals surface area (Å²) in [6, 6.07) is 0.731. The van der Waals surface area contributed by atoms with E-state index in [4.69, 9.17) is 0 Å². The highest BCUT2D eigenvalue weighted by molar-refractivity contribution is 5.76. The van der Waals surface area contributed by atoms with Crippen LogP contribution in [0.25, 0.3) is 0 Å². The van der Waals surface area contributed by atoms with Crippen molar-refractivity contribution in [2.24, 2.45) is 11.8 Å². The van der Waals surface area contributed by atoms with Crippen LogP contribution in [0.1, 0.15) is 65.2 Å². The molecule has 3 nitrogen and oxygen atoms in total. The molecule has 0 aromatic rings. The van der Waals surface area contributed by atoms with Gasteiger partial charge in [-0.15, -0.1) is 0 Å². The second-order valence-corrected chi connectivity index (χ2v) is 6.61. The number of amides is 1. The molecule has 1 saturated carbocycles. The average Bonchev–Trinajstić information content (AvgIpc) is 2.91. The highest BCUT2D eigenvalue weighted by Crippen LogP contribution is 2.31. The van der Waals surface area contributed by atoms with Gasteiger partial charge in [0.05, 0.1) is 0 Å². The summed E-state index contributed by atoms with van der Waals surface area (Å²) in [4.78, 5) is 12.0. The van der Waals surface area contributed by atoms with Crippen molar-refractivity contribution >= 4 is 5.91 Å². The third-order valence-electron chi connectivity index (χ3n) is 5.16. The Kier molecular flexibility index (Phi) is 5.68. The second-order valence-electron chi connectivity index (χ2n) is 6.61. The van der Waals surface area contributed by atoms with Crippen molar-refractivity contribution in [1.82, 2.24) is 10.6 Å². The highest BCUT2D eigenvalue weighted by Gasteiger charge is 2.26. The van der Waals surface area contributed by atoms with Gasteiger partial charge in [0.1, 0.15) is 0 Å². The zero-order valence-electron chi connectivity index (χ0n) is 12.6. The molecule has 3 heteroatoms. The van der Waals surface area contributed by atoms with E-state index in [9.17, 15) is 4.79 Å². The monoisotopic (exact) mass is 266 g/mol. The molecule has 2 fully saturated rings. The lowest BCUT2D eigenvalue weighted by molar-refractivity contribution is -0.122. The predicted octanol–water partition coefficient (Wildman–Crippen LogP) is 2.85. The van der Waals surface area contributed by atoms with Gasteiger partial charge in [0, 0.05) is 18.5 Å². The molecule has 0 aromatic carbocycles. The molecule has 2 aliphatic rings. The Morgan fingerprint density at radius 2 is 1.89 bits per heavy atom. The van der Waals surface area contributed by atoms with Gasteiger partial charge < -0.3 is 10.6 Å². The molecule has 0 radical (unpaired) electrons. The van der Waals surface area contributed by atoms with E-state index >= 15 is 0 Å². The van der Waals surface area contributed by atoms with Crippen molar-refractivity contribution in [3.05, 3.63) is 0 Å². The van der Waals surface area contributed by atoms with Gasteiger partial charge in [-0.1, -0.05) is 39.0 Å². The van der Waals surface area contributed by atoms with Crippen LogP contribution in [0, 0.1) is 11.8 Å². The highest BCUT2D eigenvalue weighted by atomic mass is 16.1. The number of nitrogens with one attached hydrogen (secondary N) is 2. The largest absolute Gasteiger partial charge is 0.353 e. The first-order valence-corrected chi connectivity index (χ1v) is 8.19. The van der Waals surface area contributed by atoms with Crippen molar-refractivity contribution in [2.75, 3.05) is 6.54 Å². The average molecular weight is 266 g/mol. The lowest BCUT2D eigenvalue weighted by Gasteiger charge is -2.32. The lowest BCUT2D eigenvalue weighted by Crippen LogP contribution is -2.42.